The zero-order valence-corrected chi connectivity index (χ0v) is 14.9. The first kappa shape index (κ1) is 15.0. The number of carbonyl (C=O) groups excluding carboxylic acids is 1. The molecule has 0 N–H and O–H groups in total. The molecule has 0 unspecified atom stereocenters. The van der Waals surface area contributed by atoms with E-state index < -0.39 is 0 Å². The van der Waals surface area contributed by atoms with Gasteiger partial charge in [-0.05, 0) is 53.2 Å². The highest BCUT2D eigenvalue weighted by Crippen LogP contribution is 2.24. The molecule has 3 nitrogen and oxygen atoms in total. The Morgan fingerprint density at radius 2 is 2.14 bits per heavy atom. The van der Waals surface area contributed by atoms with Gasteiger partial charge in [0.15, 0.2) is 4.80 Å². The van der Waals surface area contributed by atoms with Crippen LogP contribution < -0.4 is 4.80 Å². The Labute approximate surface area is 142 Å². The molecule has 0 saturated carbocycles. The number of hydrogen-bond acceptors (Lipinski definition) is 3. The Balaban J connectivity index is 2.15. The molecule has 1 amide bonds. The normalized spacial score (nSPS) is 12.2. The van der Waals surface area contributed by atoms with Crippen molar-refractivity contribution in [3.05, 3.63) is 48.8 Å². The number of halogens is 2. The Hall–Kier alpha value is -0.950. The molecular formula is C14H10BrClN2OS2. The molecule has 0 bridgehead atoms. The van der Waals surface area contributed by atoms with Gasteiger partial charge in [0.25, 0.3) is 5.91 Å². The second-order valence-electron chi connectivity index (χ2n) is 4.26. The van der Waals surface area contributed by atoms with Crippen LogP contribution in [-0.2, 0) is 6.54 Å². The highest BCUT2D eigenvalue weighted by atomic mass is 79.9. The SMILES string of the molecule is CCn1c(=NC(=O)c2ccc(Br)s2)sc2cc(Cl)ccc21. The van der Waals surface area contributed by atoms with E-state index >= 15 is 0 Å². The first-order valence-corrected chi connectivity index (χ1v) is 9.02. The maximum atomic E-state index is 12.2. The molecule has 0 saturated heterocycles. The van der Waals surface area contributed by atoms with Gasteiger partial charge in [-0.2, -0.15) is 4.99 Å². The van der Waals surface area contributed by atoms with Crippen molar-refractivity contribution in [2.75, 3.05) is 0 Å². The smallest absolute Gasteiger partial charge is 0.289 e. The summed E-state index contributed by atoms with van der Waals surface area (Å²) in [4.78, 5) is 17.8. The van der Waals surface area contributed by atoms with Gasteiger partial charge in [0, 0.05) is 11.6 Å². The Morgan fingerprint density at radius 1 is 1.33 bits per heavy atom. The van der Waals surface area contributed by atoms with Gasteiger partial charge in [-0.25, -0.2) is 0 Å². The van der Waals surface area contributed by atoms with Crippen molar-refractivity contribution in [3.63, 3.8) is 0 Å². The summed E-state index contributed by atoms with van der Waals surface area (Å²) in [7, 11) is 0. The lowest BCUT2D eigenvalue weighted by atomic mass is 10.3. The minimum Gasteiger partial charge on any atom is -0.317 e. The first-order valence-electron chi connectivity index (χ1n) is 6.22. The molecule has 1 aromatic carbocycles. The average Bonchev–Trinajstić information content (AvgIpc) is 3.01. The van der Waals surface area contributed by atoms with Crippen LogP contribution in [0, 0.1) is 0 Å². The molecule has 0 aliphatic rings. The zero-order chi connectivity index (χ0) is 15.0. The molecule has 3 aromatic rings. The number of carbonyl (C=O) groups is 1. The molecule has 3 rings (SSSR count). The van der Waals surface area contributed by atoms with Crippen LogP contribution in [0.25, 0.3) is 10.2 Å². The number of fused-ring (bicyclic) bond motifs is 1. The lowest BCUT2D eigenvalue weighted by Gasteiger charge is -1.99. The van der Waals surface area contributed by atoms with Crippen LogP contribution in [0.4, 0.5) is 0 Å². The van der Waals surface area contributed by atoms with Crippen LogP contribution >= 0.6 is 50.2 Å². The maximum absolute atomic E-state index is 12.2. The van der Waals surface area contributed by atoms with Gasteiger partial charge in [0.05, 0.1) is 18.9 Å². The summed E-state index contributed by atoms with van der Waals surface area (Å²) in [5, 5.41) is 0.687. The van der Waals surface area contributed by atoms with Gasteiger partial charge >= 0.3 is 0 Å². The van der Waals surface area contributed by atoms with Crippen molar-refractivity contribution in [2.45, 2.75) is 13.5 Å². The van der Waals surface area contributed by atoms with Crippen LogP contribution in [0.3, 0.4) is 0 Å². The lowest BCUT2D eigenvalue weighted by Crippen LogP contribution is -2.15. The fourth-order valence-corrected chi connectivity index (χ4v) is 4.65. The van der Waals surface area contributed by atoms with Gasteiger partial charge in [-0.3, -0.25) is 4.79 Å². The standard InChI is InChI=1S/C14H10BrClN2OS2/c1-2-18-9-4-3-8(16)7-11(9)21-14(18)17-13(19)10-5-6-12(15)20-10/h3-7H,2H2,1H3. The number of hydrogen-bond donors (Lipinski definition) is 0. The highest BCUT2D eigenvalue weighted by Gasteiger charge is 2.10. The van der Waals surface area contributed by atoms with Gasteiger partial charge in [-0.1, -0.05) is 22.9 Å². The predicted octanol–water partition coefficient (Wildman–Crippen LogP) is 4.94. The van der Waals surface area contributed by atoms with E-state index in [1.807, 2.05) is 35.8 Å². The number of rotatable bonds is 2. The molecule has 0 spiro atoms. The van der Waals surface area contributed by atoms with Crippen molar-refractivity contribution < 1.29 is 4.79 Å². The van der Waals surface area contributed by atoms with Crippen LogP contribution in [0.5, 0.6) is 0 Å². The van der Waals surface area contributed by atoms with E-state index in [0.29, 0.717) is 14.7 Å². The van der Waals surface area contributed by atoms with E-state index in [2.05, 4.69) is 20.9 Å². The molecule has 108 valence electrons. The fourth-order valence-electron chi connectivity index (χ4n) is 2.01. The predicted molar refractivity (Wildman–Crippen MR) is 92.4 cm³/mol. The molecule has 2 heterocycles. The number of aryl methyl sites for hydroxylation is 1. The van der Waals surface area contributed by atoms with Gasteiger partial charge in [-0.15, -0.1) is 11.3 Å². The van der Waals surface area contributed by atoms with Crippen molar-refractivity contribution in [2.24, 2.45) is 4.99 Å². The number of aromatic nitrogens is 1. The largest absolute Gasteiger partial charge is 0.317 e. The average molecular weight is 402 g/mol. The van der Waals surface area contributed by atoms with E-state index in [1.165, 1.54) is 22.7 Å². The Bertz CT molecular complexity index is 894. The number of thiazole rings is 1. The molecule has 0 atom stereocenters. The molecule has 2 aromatic heterocycles. The van der Waals surface area contributed by atoms with E-state index in [-0.39, 0.29) is 5.91 Å². The zero-order valence-electron chi connectivity index (χ0n) is 11.0. The quantitative estimate of drug-likeness (QED) is 0.599. The lowest BCUT2D eigenvalue weighted by molar-refractivity contribution is 0.100. The maximum Gasteiger partial charge on any atom is 0.289 e. The van der Waals surface area contributed by atoms with E-state index in [9.17, 15) is 4.79 Å². The third-order valence-electron chi connectivity index (χ3n) is 2.94. The monoisotopic (exact) mass is 400 g/mol. The van der Waals surface area contributed by atoms with Crippen LogP contribution in [0.15, 0.2) is 39.1 Å². The third-order valence-corrected chi connectivity index (χ3v) is 5.83. The third kappa shape index (κ3) is 2.99. The molecule has 0 aliphatic carbocycles. The van der Waals surface area contributed by atoms with E-state index in [1.54, 1.807) is 6.07 Å². The van der Waals surface area contributed by atoms with Crippen molar-refractivity contribution in [3.8, 4) is 0 Å². The van der Waals surface area contributed by atoms with Crippen LogP contribution in [-0.4, -0.2) is 10.5 Å². The molecule has 21 heavy (non-hydrogen) atoms. The summed E-state index contributed by atoms with van der Waals surface area (Å²) >= 11 is 12.2. The van der Waals surface area contributed by atoms with Crippen molar-refractivity contribution in [1.82, 2.24) is 4.57 Å². The summed E-state index contributed by atoms with van der Waals surface area (Å²) in [6.07, 6.45) is 0. The fraction of sp³-hybridized carbons (Fsp3) is 0.143. The molecule has 7 heteroatoms. The van der Waals surface area contributed by atoms with Crippen LogP contribution in [0.1, 0.15) is 16.6 Å². The molecule has 0 radical (unpaired) electrons. The minimum atomic E-state index is -0.217. The summed E-state index contributed by atoms with van der Waals surface area (Å²) in [5.74, 6) is -0.217. The summed E-state index contributed by atoms with van der Waals surface area (Å²) in [5.41, 5.74) is 1.05. The minimum absolute atomic E-state index is 0.217. The topological polar surface area (TPSA) is 34.4 Å². The number of benzene rings is 1. The number of thiophene rings is 1. The summed E-state index contributed by atoms with van der Waals surface area (Å²) in [6, 6.07) is 9.35. The Morgan fingerprint density at radius 3 is 2.81 bits per heavy atom. The van der Waals surface area contributed by atoms with Crippen LogP contribution in [0.2, 0.25) is 5.02 Å². The molecular weight excluding hydrogens is 392 g/mol. The van der Waals surface area contributed by atoms with Gasteiger partial charge in [0.1, 0.15) is 0 Å². The summed E-state index contributed by atoms with van der Waals surface area (Å²) in [6.45, 7) is 2.79. The van der Waals surface area contributed by atoms with E-state index in [4.69, 9.17) is 11.6 Å². The van der Waals surface area contributed by atoms with Gasteiger partial charge in [0.2, 0.25) is 0 Å². The van der Waals surface area contributed by atoms with Crippen molar-refractivity contribution in [1.29, 1.82) is 0 Å². The molecule has 0 aliphatic heterocycles. The second-order valence-corrected chi connectivity index (χ2v) is 8.17. The molecule has 0 fully saturated rings. The first-order chi connectivity index (χ1) is 10.1. The highest BCUT2D eigenvalue weighted by molar-refractivity contribution is 9.11. The van der Waals surface area contributed by atoms with E-state index in [0.717, 1.165) is 20.5 Å². The summed E-state index contributed by atoms with van der Waals surface area (Å²) < 4.78 is 3.98. The second kappa shape index (κ2) is 6.04. The Kier molecular flexibility index (Phi) is 4.31. The van der Waals surface area contributed by atoms with Crippen molar-refractivity contribution >= 4 is 66.3 Å². The number of nitrogens with zero attached hydrogens (tertiary/aromatic N) is 2. The van der Waals surface area contributed by atoms with Gasteiger partial charge < -0.3 is 4.57 Å². The number of amides is 1.